The fourth-order valence-corrected chi connectivity index (χ4v) is 4.98. The molecular formula is C21H23N5O3S2. The molecule has 0 aliphatic rings. The minimum Gasteiger partial charge on any atom is -0.462 e. The number of furan rings is 1. The van der Waals surface area contributed by atoms with E-state index < -0.39 is 0 Å². The van der Waals surface area contributed by atoms with Crippen molar-refractivity contribution in [2.45, 2.75) is 50.4 Å². The van der Waals surface area contributed by atoms with Crippen molar-refractivity contribution in [3.05, 3.63) is 56.1 Å². The molecule has 0 fully saturated rings. The quantitative estimate of drug-likeness (QED) is 0.305. The monoisotopic (exact) mass is 457 g/mol. The van der Waals surface area contributed by atoms with Crippen LogP contribution >= 0.6 is 23.1 Å². The summed E-state index contributed by atoms with van der Waals surface area (Å²) in [5.41, 5.74) is 0.551. The molecular weight excluding hydrogens is 434 g/mol. The first-order chi connectivity index (χ1) is 14.9. The van der Waals surface area contributed by atoms with Gasteiger partial charge in [0.15, 0.2) is 16.4 Å². The molecule has 0 atom stereocenters. The summed E-state index contributed by atoms with van der Waals surface area (Å²) in [4.78, 5) is 39.7. The normalized spacial score (nSPS) is 11.6. The van der Waals surface area contributed by atoms with E-state index in [1.54, 1.807) is 10.8 Å². The summed E-state index contributed by atoms with van der Waals surface area (Å²) < 4.78 is 8.13. The SMILES string of the molecule is CCCn1c(=O)n(C)c(=O)c2c(SCc3csc(-c4ccco4)n3)nc(C(C)C)nc21. The van der Waals surface area contributed by atoms with Crippen molar-refractivity contribution in [1.29, 1.82) is 0 Å². The first-order valence-electron chi connectivity index (χ1n) is 10.0. The molecule has 4 heterocycles. The third-order valence-electron chi connectivity index (χ3n) is 4.77. The Morgan fingerprint density at radius 3 is 2.71 bits per heavy atom. The maximum Gasteiger partial charge on any atom is 0.332 e. The summed E-state index contributed by atoms with van der Waals surface area (Å²) in [6.07, 6.45) is 2.38. The second kappa shape index (κ2) is 8.80. The van der Waals surface area contributed by atoms with E-state index in [1.165, 1.54) is 30.1 Å². The number of aryl methyl sites for hydroxylation is 1. The lowest BCUT2D eigenvalue weighted by Gasteiger charge is -2.14. The fraction of sp³-hybridized carbons (Fsp3) is 0.381. The van der Waals surface area contributed by atoms with Crippen LogP contribution in [0.25, 0.3) is 21.8 Å². The summed E-state index contributed by atoms with van der Waals surface area (Å²) in [7, 11) is 1.50. The van der Waals surface area contributed by atoms with Gasteiger partial charge in [0, 0.05) is 30.6 Å². The standard InChI is InChI=1S/C21H23N5O3S2/c1-5-8-26-17-15(20(27)25(4)21(26)28)19(24-16(23-17)12(2)3)31-11-13-10-30-18(22-13)14-7-6-9-29-14/h6-7,9-10,12H,5,8,11H2,1-4H3. The Morgan fingerprint density at radius 1 is 1.23 bits per heavy atom. The average Bonchev–Trinajstić information content (AvgIpc) is 3.44. The molecule has 31 heavy (non-hydrogen) atoms. The van der Waals surface area contributed by atoms with Gasteiger partial charge in [-0.2, -0.15) is 0 Å². The van der Waals surface area contributed by atoms with Gasteiger partial charge in [-0.05, 0) is 18.6 Å². The van der Waals surface area contributed by atoms with Crippen molar-refractivity contribution in [3.8, 4) is 10.8 Å². The van der Waals surface area contributed by atoms with Gasteiger partial charge in [-0.15, -0.1) is 11.3 Å². The van der Waals surface area contributed by atoms with E-state index in [4.69, 9.17) is 4.42 Å². The Balaban J connectivity index is 1.79. The van der Waals surface area contributed by atoms with Gasteiger partial charge in [-0.25, -0.2) is 19.7 Å². The van der Waals surface area contributed by atoms with E-state index >= 15 is 0 Å². The number of thioether (sulfide) groups is 1. The highest BCUT2D eigenvalue weighted by molar-refractivity contribution is 7.98. The molecule has 0 aliphatic heterocycles. The predicted molar refractivity (Wildman–Crippen MR) is 123 cm³/mol. The molecule has 0 unspecified atom stereocenters. The smallest absolute Gasteiger partial charge is 0.332 e. The first-order valence-corrected chi connectivity index (χ1v) is 11.9. The summed E-state index contributed by atoms with van der Waals surface area (Å²) in [5.74, 6) is 1.94. The van der Waals surface area contributed by atoms with Crippen LogP contribution in [0.4, 0.5) is 0 Å². The fourth-order valence-electron chi connectivity index (χ4n) is 3.17. The van der Waals surface area contributed by atoms with Gasteiger partial charge >= 0.3 is 5.69 Å². The van der Waals surface area contributed by atoms with Crippen molar-refractivity contribution >= 4 is 34.1 Å². The minimum atomic E-state index is -0.375. The first kappa shape index (κ1) is 21.5. The maximum absolute atomic E-state index is 13.0. The number of aromatic nitrogens is 5. The van der Waals surface area contributed by atoms with Crippen LogP contribution in [-0.2, 0) is 19.3 Å². The summed E-state index contributed by atoms with van der Waals surface area (Å²) >= 11 is 2.94. The summed E-state index contributed by atoms with van der Waals surface area (Å²) in [6.45, 7) is 6.47. The largest absolute Gasteiger partial charge is 0.462 e. The van der Waals surface area contributed by atoms with Gasteiger partial charge in [0.1, 0.15) is 16.2 Å². The Labute approximate surface area is 187 Å². The van der Waals surface area contributed by atoms with Crippen LogP contribution in [0.1, 0.15) is 44.6 Å². The molecule has 0 amide bonds. The van der Waals surface area contributed by atoms with Crippen molar-refractivity contribution < 1.29 is 4.42 Å². The highest BCUT2D eigenvalue weighted by Gasteiger charge is 2.20. The van der Waals surface area contributed by atoms with E-state index in [0.29, 0.717) is 34.2 Å². The highest BCUT2D eigenvalue weighted by Crippen LogP contribution is 2.30. The number of rotatable bonds is 7. The van der Waals surface area contributed by atoms with Crippen molar-refractivity contribution in [3.63, 3.8) is 0 Å². The molecule has 0 aromatic carbocycles. The number of hydrogen-bond acceptors (Lipinski definition) is 8. The van der Waals surface area contributed by atoms with Crippen LogP contribution in [0, 0.1) is 0 Å². The van der Waals surface area contributed by atoms with Gasteiger partial charge in [0.25, 0.3) is 5.56 Å². The molecule has 4 aromatic rings. The number of thiazole rings is 1. The van der Waals surface area contributed by atoms with Gasteiger partial charge in [-0.3, -0.25) is 13.9 Å². The molecule has 8 nitrogen and oxygen atoms in total. The van der Waals surface area contributed by atoms with Crippen molar-refractivity contribution in [2.75, 3.05) is 0 Å². The van der Waals surface area contributed by atoms with Gasteiger partial charge in [0.2, 0.25) is 0 Å². The Hall–Kier alpha value is -2.72. The predicted octanol–water partition coefficient (Wildman–Crippen LogP) is 4.03. The average molecular weight is 458 g/mol. The molecule has 10 heteroatoms. The Kier molecular flexibility index (Phi) is 6.10. The lowest BCUT2D eigenvalue weighted by molar-refractivity contribution is 0.581. The van der Waals surface area contributed by atoms with Crippen LogP contribution < -0.4 is 11.2 Å². The van der Waals surface area contributed by atoms with Gasteiger partial charge < -0.3 is 4.42 Å². The third kappa shape index (κ3) is 4.09. The van der Waals surface area contributed by atoms with E-state index in [0.717, 1.165) is 27.4 Å². The molecule has 0 radical (unpaired) electrons. The maximum atomic E-state index is 13.0. The lowest BCUT2D eigenvalue weighted by Crippen LogP contribution is -2.39. The van der Waals surface area contributed by atoms with Crippen molar-refractivity contribution in [1.82, 2.24) is 24.1 Å². The molecule has 0 N–H and O–H groups in total. The molecule has 0 spiro atoms. The highest BCUT2D eigenvalue weighted by atomic mass is 32.2. The Bertz CT molecular complexity index is 1340. The van der Waals surface area contributed by atoms with E-state index in [-0.39, 0.29) is 17.2 Å². The van der Waals surface area contributed by atoms with Gasteiger partial charge in [-0.1, -0.05) is 32.5 Å². The number of nitrogens with zero attached hydrogens (tertiary/aromatic N) is 5. The van der Waals surface area contributed by atoms with Crippen LogP contribution in [0.3, 0.4) is 0 Å². The zero-order valence-corrected chi connectivity index (χ0v) is 19.4. The minimum absolute atomic E-state index is 0.0582. The van der Waals surface area contributed by atoms with Crippen LogP contribution in [-0.4, -0.2) is 24.1 Å². The molecule has 162 valence electrons. The van der Waals surface area contributed by atoms with Crippen molar-refractivity contribution in [2.24, 2.45) is 7.05 Å². The van der Waals surface area contributed by atoms with Crippen LogP contribution in [0.5, 0.6) is 0 Å². The summed E-state index contributed by atoms with van der Waals surface area (Å²) in [5, 5.41) is 3.74. The second-order valence-electron chi connectivity index (χ2n) is 7.45. The van der Waals surface area contributed by atoms with E-state index in [2.05, 4.69) is 15.0 Å². The third-order valence-corrected chi connectivity index (χ3v) is 6.68. The molecule has 4 rings (SSSR count). The van der Waals surface area contributed by atoms with Crippen LogP contribution in [0.15, 0.2) is 42.8 Å². The second-order valence-corrected chi connectivity index (χ2v) is 9.27. The van der Waals surface area contributed by atoms with Crippen LogP contribution in [0.2, 0.25) is 0 Å². The molecule has 0 saturated carbocycles. The topological polar surface area (TPSA) is 95.8 Å². The number of hydrogen-bond donors (Lipinski definition) is 0. The molecule has 4 aromatic heterocycles. The molecule has 0 saturated heterocycles. The van der Waals surface area contributed by atoms with E-state index in [9.17, 15) is 9.59 Å². The molecule has 0 aliphatic carbocycles. The van der Waals surface area contributed by atoms with E-state index in [1.807, 2.05) is 38.3 Å². The summed E-state index contributed by atoms with van der Waals surface area (Å²) in [6, 6.07) is 3.70. The zero-order chi connectivity index (χ0) is 22.1. The van der Waals surface area contributed by atoms with Gasteiger partial charge in [0.05, 0.1) is 12.0 Å². The Morgan fingerprint density at radius 2 is 2.03 bits per heavy atom. The molecule has 0 bridgehead atoms. The lowest BCUT2D eigenvalue weighted by atomic mass is 10.2. The zero-order valence-electron chi connectivity index (χ0n) is 17.8. The number of fused-ring (bicyclic) bond motifs is 1.